The van der Waals surface area contributed by atoms with E-state index in [0.717, 1.165) is 11.4 Å². The first-order valence-corrected chi connectivity index (χ1v) is 7.76. The highest BCUT2D eigenvalue weighted by atomic mass is 35.5. The van der Waals surface area contributed by atoms with Crippen molar-refractivity contribution in [1.82, 2.24) is 9.97 Å². The van der Waals surface area contributed by atoms with Crippen molar-refractivity contribution in [2.45, 2.75) is 26.7 Å². The Morgan fingerprint density at radius 3 is 1.48 bits per heavy atom. The van der Waals surface area contributed by atoms with E-state index < -0.39 is 0 Å². The van der Waals surface area contributed by atoms with E-state index in [1.54, 1.807) is 38.4 Å². The van der Waals surface area contributed by atoms with Crippen LogP contribution in [0.5, 0.6) is 0 Å². The smallest absolute Gasteiger partial charge is 0.311 e. The summed E-state index contributed by atoms with van der Waals surface area (Å²) in [4.78, 5) is 29.9. The molecule has 25 heavy (non-hydrogen) atoms. The maximum Gasteiger partial charge on any atom is 0.311 e. The molecule has 0 atom stereocenters. The molecule has 0 fully saturated rings. The van der Waals surface area contributed by atoms with Crippen molar-refractivity contribution in [2.24, 2.45) is 0 Å². The highest BCUT2D eigenvalue weighted by Crippen LogP contribution is 1.96. The monoisotopic (exact) mass is 366 g/mol. The Labute approximate surface area is 154 Å². The van der Waals surface area contributed by atoms with Crippen LogP contribution >= 0.6 is 12.4 Å². The van der Waals surface area contributed by atoms with Gasteiger partial charge in [0.1, 0.15) is 0 Å². The second-order valence-corrected chi connectivity index (χ2v) is 4.61. The van der Waals surface area contributed by atoms with E-state index in [2.05, 4.69) is 9.97 Å². The fraction of sp³-hybridized carbons (Fsp3) is 0.333. The third kappa shape index (κ3) is 10.8. The van der Waals surface area contributed by atoms with E-state index in [-0.39, 0.29) is 37.2 Å². The average Bonchev–Trinajstić information content (AvgIpc) is 2.58. The average molecular weight is 367 g/mol. The quantitative estimate of drug-likeness (QED) is 0.731. The molecule has 0 aliphatic rings. The first-order valence-electron chi connectivity index (χ1n) is 7.76. The number of nitrogens with zero attached hydrogens (tertiary/aromatic N) is 2. The predicted molar refractivity (Wildman–Crippen MR) is 96.4 cm³/mol. The number of hydrogen-bond donors (Lipinski definition) is 0. The zero-order valence-corrected chi connectivity index (χ0v) is 15.2. The lowest BCUT2D eigenvalue weighted by atomic mass is 10.3. The summed E-state index contributed by atoms with van der Waals surface area (Å²) in [5.74, 6) is -0.451. The van der Waals surface area contributed by atoms with Gasteiger partial charge < -0.3 is 9.47 Å². The van der Waals surface area contributed by atoms with Gasteiger partial charge in [-0.25, -0.2) is 0 Å². The van der Waals surface area contributed by atoms with Gasteiger partial charge >= 0.3 is 11.9 Å². The Morgan fingerprint density at radius 1 is 0.800 bits per heavy atom. The minimum absolute atomic E-state index is 0. The van der Waals surface area contributed by atoms with E-state index in [1.165, 1.54) is 0 Å². The third-order valence-electron chi connectivity index (χ3n) is 2.71. The van der Waals surface area contributed by atoms with E-state index >= 15 is 0 Å². The molecule has 0 spiro atoms. The lowest BCUT2D eigenvalue weighted by Gasteiger charge is -1.99. The molecule has 0 aromatic carbocycles. The van der Waals surface area contributed by atoms with E-state index in [0.29, 0.717) is 13.2 Å². The van der Waals surface area contributed by atoms with Gasteiger partial charge in [-0.2, -0.15) is 0 Å². The van der Waals surface area contributed by atoms with Gasteiger partial charge in [-0.15, -0.1) is 12.4 Å². The van der Waals surface area contributed by atoms with Crippen molar-refractivity contribution < 1.29 is 19.1 Å². The molecule has 2 aromatic heterocycles. The number of halogens is 1. The van der Waals surface area contributed by atoms with Crippen molar-refractivity contribution in [3.63, 3.8) is 0 Å². The Morgan fingerprint density at radius 2 is 1.20 bits per heavy atom. The van der Waals surface area contributed by atoms with Crippen LogP contribution in [0.25, 0.3) is 0 Å². The van der Waals surface area contributed by atoms with Crippen molar-refractivity contribution >= 4 is 24.3 Å². The molecule has 0 radical (unpaired) electrons. The van der Waals surface area contributed by atoms with Gasteiger partial charge in [0, 0.05) is 12.4 Å². The lowest BCUT2D eigenvalue weighted by Crippen LogP contribution is -2.08. The first kappa shape index (κ1) is 22.5. The summed E-state index contributed by atoms with van der Waals surface area (Å²) in [6.07, 6.45) is 3.84. The molecule has 0 unspecified atom stereocenters. The lowest BCUT2D eigenvalue weighted by molar-refractivity contribution is -0.143. The second-order valence-electron chi connectivity index (χ2n) is 4.61. The zero-order chi connectivity index (χ0) is 17.6. The molecular weight excluding hydrogens is 344 g/mol. The Kier molecular flexibility index (Phi) is 12.5. The molecule has 0 N–H and O–H groups in total. The molecule has 6 nitrogen and oxygen atoms in total. The molecule has 0 amide bonds. The minimum Gasteiger partial charge on any atom is -0.466 e. The molecule has 0 bridgehead atoms. The number of esters is 2. The van der Waals surface area contributed by atoms with Crippen LogP contribution in [0, 0.1) is 0 Å². The Hall–Kier alpha value is -2.47. The van der Waals surface area contributed by atoms with Crippen molar-refractivity contribution in [3.8, 4) is 0 Å². The van der Waals surface area contributed by atoms with Crippen molar-refractivity contribution in [3.05, 3.63) is 60.2 Å². The van der Waals surface area contributed by atoms with Gasteiger partial charge in [-0.05, 0) is 38.1 Å². The zero-order valence-electron chi connectivity index (χ0n) is 14.4. The molecule has 136 valence electrons. The molecule has 0 aliphatic heterocycles. The van der Waals surface area contributed by atoms with Crippen LogP contribution in [0.15, 0.2) is 48.8 Å². The van der Waals surface area contributed by atoms with Gasteiger partial charge in [0.15, 0.2) is 0 Å². The number of carbonyl (C=O) groups is 2. The van der Waals surface area contributed by atoms with Crippen LogP contribution in [0.4, 0.5) is 0 Å². The largest absolute Gasteiger partial charge is 0.466 e. The fourth-order valence-corrected chi connectivity index (χ4v) is 1.73. The van der Waals surface area contributed by atoms with Crippen LogP contribution in [-0.4, -0.2) is 35.1 Å². The second kappa shape index (κ2) is 13.9. The van der Waals surface area contributed by atoms with Crippen LogP contribution in [0.2, 0.25) is 0 Å². The molecule has 0 saturated heterocycles. The maximum absolute atomic E-state index is 11.0. The summed E-state index contributed by atoms with van der Waals surface area (Å²) in [5, 5.41) is 0. The molecule has 2 rings (SSSR count). The van der Waals surface area contributed by atoms with Crippen LogP contribution < -0.4 is 0 Å². The third-order valence-corrected chi connectivity index (χ3v) is 2.71. The number of carbonyl (C=O) groups excluding carboxylic acids is 2. The molecule has 0 saturated carbocycles. The van der Waals surface area contributed by atoms with E-state index in [9.17, 15) is 9.59 Å². The standard InChI is InChI=1S/2C9H11NO2.ClH/c2*1-2-12-9(11)7-8-5-3-4-6-10-8;/h2*3-6H,2,7H2,1H3;1H. The molecule has 2 heterocycles. The topological polar surface area (TPSA) is 78.4 Å². The fourth-order valence-electron chi connectivity index (χ4n) is 1.73. The maximum atomic E-state index is 11.0. The summed E-state index contributed by atoms with van der Waals surface area (Å²) in [6, 6.07) is 10.9. The van der Waals surface area contributed by atoms with Crippen LogP contribution in [0.1, 0.15) is 25.2 Å². The van der Waals surface area contributed by atoms with Crippen LogP contribution in [-0.2, 0) is 31.9 Å². The van der Waals surface area contributed by atoms with E-state index in [4.69, 9.17) is 9.47 Å². The summed E-state index contributed by atoms with van der Waals surface area (Å²) in [7, 11) is 0. The summed E-state index contributed by atoms with van der Waals surface area (Å²) >= 11 is 0. The Balaban J connectivity index is 0.000000443. The van der Waals surface area contributed by atoms with Gasteiger partial charge in [-0.1, -0.05) is 12.1 Å². The summed E-state index contributed by atoms with van der Waals surface area (Å²) in [5.41, 5.74) is 1.49. The molecular formula is C18H23ClN2O4. The van der Waals surface area contributed by atoms with E-state index in [1.807, 2.05) is 24.3 Å². The molecule has 0 aliphatic carbocycles. The number of rotatable bonds is 6. The van der Waals surface area contributed by atoms with Crippen molar-refractivity contribution in [2.75, 3.05) is 13.2 Å². The summed E-state index contributed by atoms with van der Waals surface area (Å²) < 4.78 is 9.53. The number of pyridine rings is 2. The SMILES string of the molecule is CCOC(=O)Cc1ccccn1.CCOC(=O)Cc1ccccn1.Cl. The van der Waals surface area contributed by atoms with Gasteiger partial charge in [-0.3, -0.25) is 19.6 Å². The number of aromatic nitrogens is 2. The Bertz CT molecular complexity index is 553. The molecule has 7 heteroatoms. The highest BCUT2D eigenvalue weighted by molar-refractivity contribution is 5.85. The number of hydrogen-bond acceptors (Lipinski definition) is 6. The van der Waals surface area contributed by atoms with Crippen molar-refractivity contribution in [1.29, 1.82) is 0 Å². The minimum atomic E-state index is -0.226. The van der Waals surface area contributed by atoms with Gasteiger partial charge in [0.25, 0.3) is 0 Å². The summed E-state index contributed by atoms with van der Waals surface area (Å²) in [6.45, 7) is 4.42. The predicted octanol–water partition coefficient (Wildman–Crippen LogP) is 2.80. The van der Waals surface area contributed by atoms with Crippen LogP contribution in [0.3, 0.4) is 0 Å². The first-order chi connectivity index (χ1) is 11.7. The van der Waals surface area contributed by atoms with Gasteiger partial charge in [0.05, 0.1) is 37.4 Å². The molecule has 2 aromatic rings. The highest BCUT2D eigenvalue weighted by Gasteiger charge is 2.03. The number of ether oxygens (including phenoxy) is 2. The van der Waals surface area contributed by atoms with Gasteiger partial charge in [0.2, 0.25) is 0 Å². The normalized spacial score (nSPS) is 9.04.